The highest BCUT2D eigenvalue weighted by atomic mass is 16.6. The van der Waals surface area contributed by atoms with Crippen molar-refractivity contribution in [2.75, 3.05) is 33.9 Å². The number of carboxylic acids is 1. The number of ether oxygens (including phenoxy) is 9. The van der Waals surface area contributed by atoms with Crippen molar-refractivity contribution in [3.8, 4) is 46.3 Å². The first-order valence-corrected chi connectivity index (χ1v) is 31.5. The second-order valence-electron chi connectivity index (χ2n) is 25.6. The number of aromatic nitrogens is 1. The first-order chi connectivity index (χ1) is 46.8. The molecule has 23 heteroatoms. The van der Waals surface area contributed by atoms with E-state index in [1.807, 2.05) is 78.9 Å². The van der Waals surface area contributed by atoms with Crippen molar-refractivity contribution in [2.24, 2.45) is 10.8 Å². The molecule has 1 fully saturated rings. The third-order valence-electron chi connectivity index (χ3n) is 16.9. The normalized spacial score (nSPS) is 15.8. The molecule has 504 valence electrons. The average molecular weight is 1330 g/mol. The zero-order valence-corrected chi connectivity index (χ0v) is 54.9. The van der Waals surface area contributed by atoms with Gasteiger partial charge in [-0.25, -0.2) is 4.79 Å². The van der Waals surface area contributed by atoms with E-state index in [-0.39, 0.29) is 77.9 Å². The second kappa shape index (κ2) is 27.8. The molecule has 11 rings (SSSR count). The molecule has 3 N–H and O–H groups in total. The van der Waals surface area contributed by atoms with Crippen molar-refractivity contribution < 1.29 is 86.2 Å². The maximum atomic E-state index is 14.0. The lowest BCUT2D eigenvalue weighted by Crippen LogP contribution is -2.39. The van der Waals surface area contributed by atoms with Crippen LogP contribution in [0.3, 0.4) is 0 Å². The number of aliphatic carboxylic acids is 1. The summed E-state index contributed by atoms with van der Waals surface area (Å²) in [6.07, 6.45) is -2.24. The van der Waals surface area contributed by atoms with E-state index in [1.165, 1.54) is 42.5 Å². The Labute approximate surface area is 563 Å². The van der Waals surface area contributed by atoms with Crippen LogP contribution >= 0.6 is 0 Å². The van der Waals surface area contributed by atoms with Crippen molar-refractivity contribution in [2.45, 2.75) is 96.9 Å². The van der Waals surface area contributed by atoms with Crippen molar-refractivity contribution >= 4 is 58.3 Å². The number of rotatable bonds is 21. The van der Waals surface area contributed by atoms with Crippen LogP contribution in [0.2, 0.25) is 0 Å². The maximum Gasteiger partial charge on any atom is 0.340 e. The number of fused-ring (bicyclic) bond motifs is 7. The largest absolute Gasteiger partial charge is 0.497 e. The van der Waals surface area contributed by atoms with E-state index in [1.54, 1.807) is 96.9 Å². The number of nitro groups is 1. The highest BCUT2D eigenvalue weighted by molar-refractivity contribution is 6.01. The number of hydrogen-bond acceptors (Lipinski definition) is 18. The predicted molar refractivity (Wildman–Crippen MR) is 354 cm³/mol. The zero-order chi connectivity index (χ0) is 69.8. The fraction of sp³-hybridized carbons (Fsp3) is 0.293. The van der Waals surface area contributed by atoms with Gasteiger partial charge in [-0.3, -0.25) is 38.9 Å². The van der Waals surface area contributed by atoms with E-state index in [4.69, 9.17) is 42.6 Å². The first-order valence-electron chi connectivity index (χ1n) is 31.5. The number of amides is 2. The number of non-ortho nitro benzene ring substituents is 1. The number of nitro benzene ring substituents is 1. The lowest BCUT2D eigenvalue weighted by molar-refractivity contribution is -0.384. The van der Waals surface area contributed by atoms with Gasteiger partial charge < -0.3 is 62.9 Å². The molecule has 8 aromatic rings. The highest BCUT2D eigenvalue weighted by Crippen LogP contribution is 2.57. The monoisotopic (exact) mass is 1330 g/mol. The topological polar surface area (TPSA) is 295 Å². The Morgan fingerprint density at radius 3 is 1.86 bits per heavy atom. The van der Waals surface area contributed by atoms with Crippen molar-refractivity contribution in [1.82, 2.24) is 15.2 Å². The standard InChI is InChI=1S/C75H70N4O19/c1-72(2,3)70(86)93-52-26-29-56-60(39-52)95-61-40-53(94-71(87)73(4,5)6)27-30-57(61)75(56)58-37-44(16-28-54(58)69(85)98-75)68(84)77-36-34-64(80)76-35-12-13-45-42-78(59-31-21-49(79(88)89)38-55(45)59)65-41-62(97-67(83)33-32-66(81)82)63(96-65)43-92-74(46-14-10-9-11-15-46,47-17-22-50(90-7)23-18-47)48-19-24-51(91-8)25-20-48/h9-11,14-31,37-40,42,62-63,65H,32-36,41,43H2,1-8H3,(H,76,80)(H,77,84)(H,81,82). The maximum absolute atomic E-state index is 14.0. The Morgan fingerprint density at radius 1 is 0.694 bits per heavy atom. The summed E-state index contributed by atoms with van der Waals surface area (Å²) in [5.74, 6) is 3.03. The molecule has 2 amide bonds. The minimum absolute atomic E-state index is 0.0378. The molecule has 3 aliphatic rings. The smallest absolute Gasteiger partial charge is 0.340 e. The molecule has 23 nitrogen and oxygen atoms in total. The summed E-state index contributed by atoms with van der Waals surface area (Å²) in [5.41, 5.74) is -0.706. The van der Waals surface area contributed by atoms with Gasteiger partial charge in [0.1, 0.15) is 58.5 Å². The van der Waals surface area contributed by atoms with Crippen LogP contribution in [0, 0.1) is 32.8 Å². The van der Waals surface area contributed by atoms with Crippen LogP contribution in [0.4, 0.5) is 5.69 Å². The van der Waals surface area contributed by atoms with Gasteiger partial charge >= 0.3 is 29.8 Å². The Morgan fingerprint density at radius 2 is 1.29 bits per heavy atom. The third kappa shape index (κ3) is 14.0. The van der Waals surface area contributed by atoms with E-state index < -0.39 is 99.9 Å². The molecule has 1 spiro atoms. The molecule has 0 radical (unpaired) electrons. The Bertz CT molecular complexity index is 4390. The van der Waals surface area contributed by atoms with E-state index in [2.05, 4.69) is 22.5 Å². The number of carbonyl (C=O) groups is 7. The van der Waals surface area contributed by atoms with E-state index >= 15 is 0 Å². The lowest BCUT2D eigenvalue weighted by atomic mass is 9.77. The lowest BCUT2D eigenvalue weighted by Gasteiger charge is -2.37. The number of hydrogen-bond donors (Lipinski definition) is 3. The Kier molecular flexibility index (Phi) is 19.3. The van der Waals surface area contributed by atoms with Gasteiger partial charge in [0.05, 0.1) is 72.6 Å². The number of methoxy groups -OCH3 is 2. The van der Waals surface area contributed by atoms with Gasteiger partial charge in [0.25, 0.3) is 11.6 Å². The molecule has 1 aromatic heterocycles. The summed E-state index contributed by atoms with van der Waals surface area (Å²) in [5, 5.41) is 27.5. The number of nitrogens with zero attached hydrogens (tertiary/aromatic N) is 2. The molecule has 3 aliphatic heterocycles. The number of esters is 4. The van der Waals surface area contributed by atoms with Gasteiger partial charge in [0.2, 0.25) is 5.91 Å². The van der Waals surface area contributed by atoms with Crippen molar-refractivity contribution in [3.63, 3.8) is 0 Å². The molecular weight excluding hydrogens is 1260 g/mol. The van der Waals surface area contributed by atoms with Crippen LogP contribution in [0.5, 0.6) is 34.5 Å². The molecule has 4 heterocycles. The van der Waals surface area contributed by atoms with Crippen LogP contribution in [0.1, 0.15) is 133 Å². The highest BCUT2D eigenvalue weighted by Gasteiger charge is 2.54. The molecule has 0 saturated carbocycles. The summed E-state index contributed by atoms with van der Waals surface area (Å²) in [4.78, 5) is 104. The van der Waals surface area contributed by atoms with E-state index in [0.717, 1.165) is 16.7 Å². The van der Waals surface area contributed by atoms with Crippen molar-refractivity contribution in [1.29, 1.82) is 0 Å². The molecular formula is C75H70N4O19. The third-order valence-corrected chi connectivity index (χ3v) is 16.9. The van der Waals surface area contributed by atoms with Crippen LogP contribution in [0.25, 0.3) is 10.9 Å². The minimum Gasteiger partial charge on any atom is -0.497 e. The predicted octanol–water partition coefficient (Wildman–Crippen LogP) is 11.4. The van der Waals surface area contributed by atoms with Crippen LogP contribution in [0.15, 0.2) is 158 Å². The quantitative estimate of drug-likeness (QED) is 0.0150. The van der Waals surface area contributed by atoms with Gasteiger partial charge in [-0.2, -0.15) is 0 Å². The van der Waals surface area contributed by atoms with E-state index in [0.29, 0.717) is 39.1 Å². The second-order valence-corrected chi connectivity index (χ2v) is 25.6. The van der Waals surface area contributed by atoms with Gasteiger partial charge in [-0.1, -0.05) is 66.4 Å². The molecule has 1 saturated heterocycles. The summed E-state index contributed by atoms with van der Waals surface area (Å²) in [6, 6.07) is 42.3. The number of nitrogens with one attached hydrogen (secondary N) is 2. The van der Waals surface area contributed by atoms with Crippen LogP contribution in [-0.4, -0.2) is 102 Å². The molecule has 3 atom stereocenters. The zero-order valence-electron chi connectivity index (χ0n) is 54.9. The Balaban J connectivity index is 0.810. The molecule has 0 aliphatic carbocycles. The summed E-state index contributed by atoms with van der Waals surface area (Å²) >= 11 is 0. The molecule has 3 unspecified atom stereocenters. The molecule has 7 aromatic carbocycles. The van der Waals surface area contributed by atoms with Gasteiger partial charge in [0, 0.05) is 77.5 Å². The Hall–Kier alpha value is -11.4. The number of benzene rings is 7. The number of carbonyl (C=O) groups excluding carboxylic acids is 6. The summed E-state index contributed by atoms with van der Waals surface area (Å²) < 4.78 is 57.0. The van der Waals surface area contributed by atoms with Crippen molar-refractivity contribution in [3.05, 3.63) is 218 Å². The van der Waals surface area contributed by atoms with Gasteiger partial charge in [0.15, 0.2) is 5.60 Å². The average Bonchev–Trinajstić information content (AvgIpc) is 1.45. The number of carboxylic acid groups (broad SMARTS) is 1. The molecule has 0 bridgehead atoms. The minimum atomic E-state index is -1.71. The fourth-order valence-electron chi connectivity index (χ4n) is 11.8. The first kappa shape index (κ1) is 68.0. The SMILES string of the molecule is COc1ccc(C(OCC2OC(n3cc(C#CCNC(=O)CCNC(=O)c4ccc5c(c4)C4(OC5=O)c5ccc(OC(=O)C(C)(C)C)cc5Oc5cc(OC(=O)C(C)(C)C)ccc54)c4cc([N+](=O)[O-])ccc43)CC2OC(=O)CCC(=O)O)(c2ccccc2)c2ccc(OC)cc2)cc1. The van der Waals surface area contributed by atoms with Gasteiger partial charge in [-0.15, -0.1) is 0 Å². The van der Waals surface area contributed by atoms with Crippen LogP contribution in [-0.2, 0) is 54.1 Å². The fourth-order valence-corrected chi connectivity index (χ4v) is 11.8. The van der Waals surface area contributed by atoms with Gasteiger partial charge in [-0.05, 0) is 131 Å². The van der Waals surface area contributed by atoms with Crippen LogP contribution < -0.4 is 34.3 Å². The summed E-state index contributed by atoms with van der Waals surface area (Å²) in [7, 11) is 3.13. The molecule has 98 heavy (non-hydrogen) atoms. The summed E-state index contributed by atoms with van der Waals surface area (Å²) in [6.45, 7) is 9.76. The van der Waals surface area contributed by atoms with E-state index in [9.17, 15) is 48.8 Å².